The molecule has 1 heterocycles. The first-order valence-corrected chi connectivity index (χ1v) is 14.4. The molecule has 5 rings (SSSR count). The maximum absolute atomic E-state index is 13.4. The van der Waals surface area contributed by atoms with Crippen LogP contribution in [0.3, 0.4) is 0 Å². The van der Waals surface area contributed by atoms with Gasteiger partial charge < -0.3 is 5.32 Å². The molecule has 5 nitrogen and oxygen atoms in total. The molecule has 1 amide bonds. The van der Waals surface area contributed by atoms with Gasteiger partial charge in [0.2, 0.25) is 0 Å². The molecule has 214 valence electrons. The number of nitrogens with zero attached hydrogens (tertiary/aromatic N) is 3. The van der Waals surface area contributed by atoms with Gasteiger partial charge >= 0.3 is 6.18 Å². The Morgan fingerprint density at radius 2 is 1.52 bits per heavy atom. The Labute approximate surface area is 246 Å². The number of alkyl halides is 3. The standard InChI is InChI=1S/C33H29F3N4OS/c1-22-11-17-28(18-12-22)40-30(38-39-32(40)42-21-25-10-6-7-23(2)19-25)29(20-24-8-4-3-5-9-24)37-31(41)26-13-15-27(16-14-26)33(34,35)36/h3-19,29H,20-21H2,1-2H3,(H,37,41). The van der Waals surface area contributed by atoms with Crippen LogP contribution in [0.4, 0.5) is 13.2 Å². The van der Waals surface area contributed by atoms with Crippen LogP contribution in [0, 0.1) is 13.8 Å². The summed E-state index contributed by atoms with van der Waals surface area (Å²) in [6.07, 6.45) is -4.08. The number of carbonyl (C=O) groups excluding carboxylic acids is 1. The summed E-state index contributed by atoms with van der Waals surface area (Å²) < 4.78 is 41.2. The number of aromatic nitrogens is 3. The van der Waals surface area contributed by atoms with Gasteiger partial charge in [0.05, 0.1) is 11.6 Å². The van der Waals surface area contributed by atoms with Crippen molar-refractivity contribution in [2.24, 2.45) is 0 Å². The average molecular weight is 587 g/mol. The lowest BCUT2D eigenvalue weighted by Gasteiger charge is -2.20. The number of benzene rings is 4. The fourth-order valence-electron chi connectivity index (χ4n) is 4.60. The Hall–Kier alpha value is -4.37. The van der Waals surface area contributed by atoms with Crippen molar-refractivity contribution in [3.63, 3.8) is 0 Å². The van der Waals surface area contributed by atoms with Gasteiger partial charge in [-0.05, 0) is 67.8 Å². The van der Waals surface area contributed by atoms with Crippen molar-refractivity contribution in [3.8, 4) is 5.69 Å². The minimum Gasteiger partial charge on any atom is -0.342 e. The van der Waals surface area contributed by atoms with Crippen molar-refractivity contribution in [3.05, 3.63) is 142 Å². The van der Waals surface area contributed by atoms with Crippen LogP contribution < -0.4 is 5.32 Å². The normalized spacial score (nSPS) is 12.2. The summed E-state index contributed by atoms with van der Waals surface area (Å²) >= 11 is 1.54. The van der Waals surface area contributed by atoms with Crippen molar-refractivity contribution in [1.82, 2.24) is 20.1 Å². The van der Waals surface area contributed by atoms with Crippen LogP contribution in [-0.4, -0.2) is 20.7 Å². The number of halogens is 3. The number of amides is 1. The van der Waals surface area contributed by atoms with Crippen LogP contribution >= 0.6 is 11.8 Å². The molecule has 0 aliphatic heterocycles. The van der Waals surface area contributed by atoms with E-state index in [1.807, 2.05) is 72.2 Å². The molecule has 1 unspecified atom stereocenters. The van der Waals surface area contributed by atoms with E-state index in [4.69, 9.17) is 0 Å². The van der Waals surface area contributed by atoms with E-state index in [-0.39, 0.29) is 5.56 Å². The molecule has 0 fully saturated rings. The van der Waals surface area contributed by atoms with Gasteiger partial charge in [0, 0.05) is 17.0 Å². The Kier molecular flexibility index (Phi) is 8.77. The van der Waals surface area contributed by atoms with Crippen LogP contribution in [0.1, 0.15) is 50.0 Å². The van der Waals surface area contributed by atoms with Crippen LogP contribution in [-0.2, 0) is 18.3 Å². The number of hydrogen-bond acceptors (Lipinski definition) is 4. The first-order chi connectivity index (χ1) is 20.2. The fraction of sp³-hybridized carbons (Fsp3) is 0.182. The van der Waals surface area contributed by atoms with Crippen molar-refractivity contribution in [1.29, 1.82) is 0 Å². The van der Waals surface area contributed by atoms with E-state index in [1.54, 1.807) is 11.8 Å². The third kappa shape index (κ3) is 7.09. The fourth-order valence-corrected chi connectivity index (χ4v) is 5.50. The molecule has 0 saturated carbocycles. The summed E-state index contributed by atoms with van der Waals surface area (Å²) in [5.74, 6) is 0.694. The second kappa shape index (κ2) is 12.7. The van der Waals surface area contributed by atoms with Gasteiger partial charge in [-0.25, -0.2) is 0 Å². The average Bonchev–Trinajstić information content (AvgIpc) is 3.40. The molecule has 9 heteroatoms. The number of rotatable bonds is 9. The zero-order chi connectivity index (χ0) is 29.7. The Morgan fingerprint density at radius 1 is 0.833 bits per heavy atom. The van der Waals surface area contributed by atoms with Gasteiger partial charge in [-0.3, -0.25) is 9.36 Å². The lowest BCUT2D eigenvalue weighted by atomic mass is 10.0. The number of thioether (sulfide) groups is 1. The van der Waals surface area contributed by atoms with E-state index in [1.165, 1.54) is 17.7 Å². The SMILES string of the molecule is Cc1ccc(-n2c(SCc3cccc(C)c3)nnc2C(Cc2ccccc2)NC(=O)c2ccc(C(F)(F)F)cc2)cc1. The van der Waals surface area contributed by atoms with Crippen molar-refractivity contribution < 1.29 is 18.0 Å². The number of aryl methyl sites for hydroxylation is 2. The molecule has 1 aromatic heterocycles. The smallest absolute Gasteiger partial charge is 0.342 e. The molecule has 0 radical (unpaired) electrons. The van der Waals surface area contributed by atoms with Crippen LogP contribution in [0.15, 0.2) is 108 Å². The Morgan fingerprint density at radius 3 is 2.19 bits per heavy atom. The molecule has 1 atom stereocenters. The molecule has 0 spiro atoms. The molecular formula is C33H29F3N4OS. The molecule has 0 saturated heterocycles. The predicted octanol–water partition coefficient (Wildman–Crippen LogP) is 7.91. The largest absolute Gasteiger partial charge is 0.416 e. The molecule has 4 aromatic carbocycles. The van der Waals surface area contributed by atoms with Crippen LogP contribution in [0.25, 0.3) is 5.69 Å². The van der Waals surface area contributed by atoms with Gasteiger partial charge in [0.15, 0.2) is 11.0 Å². The summed E-state index contributed by atoms with van der Waals surface area (Å²) in [6.45, 7) is 4.06. The topological polar surface area (TPSA) is 59.8 Å². The summed E-state index contributed by atoms with van der Waals surface area (Å²) in [7, 11) is 0. The van der Waals surface area contributed by atoms with Gasteiger partial charge in [0.25, 0.3) is 5.91 Å². The quantitative estimate of drug-likeness (QED) is 0.178. The third-order valence-corrected chi connectivity index (χ3v) is 7.78. The van der Waals surface area contributed by atoms with Gasteiger partial charge in [-0.15, -0.1) is 10.2 Å². The maximum atomic E-state index is 13.4. The first kappa shape index (κ1) is 29.1. The molecular weight excluding hydrogens is 557 g/mol. The number of hydrogen-bond donors (Lipinski definition) is 1. The summed E-state index contributed by atoms with van der Waals surface area (Å²) in [5.41, 5.74) is 4.53. The molecule has 5 aromatic rings. The zero-order valence-electron chi connectivity index (χ0n) is 23.1. The first-order valence-electron chi connectivity index (χ1n) is 13.4. The van der Waals surface area contributed by atoms with Gasteiger partial charge in [-0.1, -0.05) is 89.6 Å². The van der Waals surface area contributed by atoms with Crippen LogP contribution in [0.2, 0.25) is 0 Å². The third-order valence-electron chi connectivity index (χ3n) is 6.78. The minimum atomic E-state index is -4.48. The predicted molar refractivity (Wildman–Crippen MR) is 159 cm³/mol. The van der Waals surface area contributed by atoms with Crippen molar-refractivity contribution in [2.75, 3.05) is 0 Å². The second-order valence-corrected chi connectivity index (χ2v) is 11.0. The van der Waals surface area contributed by atoms with E-state index in [0.717, 1.165) is 34.5 Å². The lowest BCUT2D eigenvalue weighted by molar-refractivity contribution is -0.137. The van der Waals surface area contributed by atoms with E-state index in [9.17, 15) is 18.0 Å². The van der Waals surface area contributed by atoms with E-state index >= 15 is 0 Å². The van der Waals surface area contributed by atoms with Gasteiger partial charge in [0.1, 0.15) is 0 Å². The van der Waals surface area contributed by atoms with E-state index < -0.39 is 23.7 Å². The molecule has 0 aliphatic rings. The minimum absolute atomic E-state index is 0.122. The Balaban J connectivity index is 1.52. The summed E-state index contributed by atoms with van der Waals surface area (Å²) in [6, 6.07) is 29.5. The summed E-state index contributed by atoms with van der Waals surface area (Å²) in [5, 5.41) is 12.8. The maximum Gasteiger partial charge on any atom is 0.416 e. The van der Waals surface area contributed by atoms with E-state index in [0.29, 0.717) is 23.2 Å². The highest BCUT2D eigenvalue weighted by molar-refractivity contribution is 7.98. The highest BCUT2D eigenvalue weighted by Crippen LogP contribution is 2.31. The van der Waals surface area contributed by atoms with Crippen molar-refractivity contribution in [2.45, 2.75) is 43.4 Å². The molecule has 0 aliphatic carbocycles. The second-order valence-electron chi connectivity index (χ2n) is 10.1. The lowest BCUT2D eigenvalue weighted by Crippen LogP contribution is -2.32. The number of carbonyl (C=O) groups is 1. The summed E-state index contributed by atoms with van der Waals surface area (Å²) in [4.78, 5) is 13.4. The van der Waals surface area contributed by atoms with E-state index in [2.05, 4.69) is 40.6 Å². The zero-order valence-corrected chi connectivity index (χ0v) is 23.9. The highest BCUT2D eigenvalue weighted by atomic mass is 32.2. The molecule has 42 heavy (non-hydrogen) atoms. The molecule has 1 N–H and O–H groups in total. The van der Waals surface area contributed by atoms with Gasteiger partial charge in [-0.2, -0.15) is 13.2 Å². The highest BCUT2D eigenvalue weighted by Gasteiger charge is 2.31. The molecule has 0 bridgehead atoms. The Bertz CT molecular complexity index is 1650. The van der Waals surface area contributed by atoms with Crippen molar-refractivity contribution >= 4 is 17.7 Å². The number of nitrogens with one attached hydrogen (secondary N) is 1. The monoisotopic (exact) mass is 586 g/mol. The van der Waals surface area contributed by atoms with Crippen LogP contribution in [0.5, 0.6) is 0 Å².